The van der Waals surface area contributed by atoms with Crippen LogP contribution in [0.15, 0.2) is 0 Å². The zero-order chi connectivity index (χ0) is 15.9. The average molecular weight is 310 g/mol. The van der Waals surface area contributed by atoms with Gasteiger partial charge in [0.1, 0.15) is 0 Å². The number of hydrogen-bond acceptors (Lipinski definition) is 3. The Bertz CT molecular complexity index is 299. The lowest BCUT2D eigenvalue weighted by atomic mass is 9.78. The van der Waals surface area contributed by atoms with Crippen LogP contribution in [0.5, 0.6) is 0 Å². The fourth-order valence-corrected chi connectivity index (χ4v) is 3.30. The summed E-state index contributed by atoms with van der Waals surface area (Å²) in [5.74, 6) is 0. The van der Waals surface area contributed by atoms with E-state index < -0.39 is 18.3 Å². The molecule has 1 rings (SSSR count). The van der Waals surface area contributed by atoms with Crippen molar-refractivity contribution in [3.8, 4) is 0 Å². The van der Waals surface area contributed by atoms with Crippen molar-refractivity contribution < 1.29 is 18.3 Å². The first-order valence-corrected chi connectivity index (χ1v) is 8.02. The van der Waals surface area contributed by atoms with Crippen LogP contribution in [0.1, 0.15) is 52.4 Å². The third-order valence-corrected chi connectivity index (χ3v) is 4.28. The minimum absolute atomic E-state index is 0.00448. The quantitative estimate of drug-likeness (QED) is 0.723. The summed E-state index contributed by atoms with van der Waals surface area (Å²) in [6.45, 7) is 4.35. The lowest BCUT2D eigenvalue weighted by Crippen LogP contribution is -2.57. The van der Waals surface area contributed by atoms with Gasteiger partial charge in [-0.1, -0.05) is 13.8 Å². The Morgan fingerprint density at radius 2 is 2.00 bits per heavy atom. The highest BCUT2D eigenvalue weighted by atomic mass is 19.4. The van der Waals surface area contributed by atoms with Crippen LogP contribution in [0, 0.1) is 0 Å². The van der Waals surface area contributed by atoms with Gasteiger partial charge in [-0.15, -0.1) is 0 Å². The molecule has 2 N–H and O–H groups in total. The third kappa shape index (κ3) is 6.12. The maximum Gasteiger partial charge on any atom is 0.401 e. The molecule has 0 aromatic rings. The molecule has 1 aliphatic carbocycles. The molecule has 0 heterocycles. The van der Waals surface area contributed by atoms with Crippen LogP contribution in [-0.4, -0.2) is 54.0 Å². The highest BCUT2D eigenvalue weighted by Gasteiger charge is 2.40. The molecule has 126 valence electrons. The predicted molar refractivity (Wildman–Crippen MR) is 78.3 cm³/mol. The van der Waals surface area contributed by atoms with Gasteiger partial charge in [-0.3, -0.25) is 4.90 Å². The summed E-state index contributed by atoms with van der Waals surface area (Å²) < 4.78 is 38.3. The van der Waals surface area contributed by atoms with E-state index in [4.69, 9.17) is 0 Å². The Morgan fingerprint density at radius 1 is 1.29 bits per heavy atom. The van der Waals surface area contributed by atoms with Gasteiger partial charge < -0.3 is 10.4 Å². The zero-order valence-corrected chi connectivity index (χ0v) is 13.2. The van der Waals surface area contributed by atoms with E-state index in [0.717, 1.165) is 32.2 Å². The molecule has 0 radical (unpaired) electrons. The second-order valence-electron chi connectivity index (χ2n) is 6.20. The van der Waals surface area contributed by atoms with Gasteiger partial charge in [-0.25, -0.2) is 0 Å². The molecule has 1 fully saturated rings. The molecule has 6 heteroatoms. The van der Waals surface area contributed by atoms with E-state index in [1.807, 2.05) is 13.8 Å². The molecule has 0 aliphatic heterocycles. The average Bonchev–Trinajstić information content (AvgIpc) is 2.43. The van der Waals surface area contributed by atoms with Crippen molar-refractivity contribution >= 4 is 0 Å². The van der Waals surface area contributed by atoms with Gasteiger partial charge in [0.25, 0.3) is 0 Å². The number of rotatable bonds is 8. The minimum atomic E-state index is -4.16. The van der Waals surface area contributed by atoms with Crippen molar-refractivity contribution in [2.24, 2.45) is 0 Å². The Labute approximate surface area is 125 Å². The largest absolute Gasteiger partial charge is 0.401 e. The van der Waals surface area contributed by atoms with Gasteiger partial charge >= 0.3 is 6.18 Å². The van der Waals surface area contributed by atoms with E-state index in [1.54, 1.807) is 4.90 Å². The molecule has 0 spiro atoms. The molecule has 0 aromatic carbocycles. The third-order valence-electron chi connectivity index (χ3n) is 4.28. The van der Waals surface area contributed by atoms with Gasteiger partial charge in [-0.05, 0) is 51.6 Å². The minimum Gasteiger partial charge on any atom is -0.394 e. The monoisotopic (exact) mass is 310 g/mol. The first-order valence-electron chi connectivity index (χ1n) is 8.02. The predicted octanol–water partition coefficient (Wildman–Crippen LogP) is 2.93. The van der Waals surface area contributed by atoms with Crippen molar-refractivity contribution in [1.29, 1.82) is 0 Å². The van der Waals surface area contributed by atoms with Crippen molar-refractivity contribution in [1.82, 2.24) is 10.2 Å². The van der Waals surface area contributed by atoms with Gasteiger partial charge in [0.05, 0.1) is 13.2 Å². The van der Waals surface area contributed by atoms with E-state index in [-0.39, 0.29) is 12.6 Å². The van der Waals surface area contributed by atoms with Crippen LogP contribution in [0.4, 0.5) is 13.2 Å². The molecular weight excluding hydrogens is 281 g/mol. The lowest BCUT2D eigenvalue weighted by molar-refractivity contribution is -0.153. The van der Waals surface area contributed by atoms with Gasteiger partial charge in [0.2, 0.25) is 0 Å². The van der Waals surface area contributed by atoms with E-state index in [1.165, 1.54) is 0 Å². The molecule has 3 nitrogen and oxygen atoms in total. The zero-order valence-electron chi connectivity index (χ0n) is 13.2. The molecule has 0 saturated heterocycles. The number of aliphatic hydroxyl groups is 1. The Morgan fingerprint density at radius 3 is 2.52 bits per heavy atom. The van der Waals surface area contributed by atoms with Crippen molar-refractivity contribution in [3.05, 3.63) is 0 Å². The SMILES string of the molecule is CCCNC1(CO)CCCC(N(CCC)CC(F)(F)F)C1. The van der Waals surface area contributed by atoms with Gasteiger partial charge in [-0.2, -0.15) is 13.2 Å². The molecule has 2 atom stereocenters. The van der Waals surface area contributed by atoms with Crippen LogP contribution in [0.3, 0.4) is 0 Å². The topological polar surface area (TPSA) is 35.5 Å². The number of alkyl halides is 3. The fourth-order valence-electron chi connectivity index (χ4n) is 3.30. The normalized spacial score (nSPS) is 27.3. The van der Waals surface area contributed by atoms with Crippen LogP contribution in [0.2, 0.25) is 0 Å². The van der Waals surface area contributed by atoms with Crippen LogP contribution in [-0.2, 0) is 0 Å². The number of halogens is 3. The van der Waals surface area contributed by atoms with E-state index in [2.05, 4.69) is 5.32 Å². The van der Waals surface area contributed by atoms with Crippen molar-refractivity contribution in [2.45, 2.75) is 70.1 Å². The highest BCUT2D eigenvalue weighted by molar-refractivity contribution is 4.96. The van der Waals surface area contributed by atoms with Crippen LogP contribution < -0.4 is 5.32 Å². The maximum atomic E-state index is 12.8. The summed E-state index contributed by atoms with van der Waals surface area (Å²) in [5, 5.41) is 13.1. The first-order chi connectivity index (χ1) is 9.86. The Kier molecular flexibility index (Phi) is 7.44. The second-order valence-corrected chi connectivity index (χ2v) is 6.20. The first kappa shape index (κ1) is 18.7. The van der Waals surface area contributed by atoms with Gasteiger partial charge in [0, 0.05) is 11.6 Å². The molecule has 1 aliphatic rings. The fraction of sp³-hybridized carbons (Fsp3) is 1.00. The summed E-state index contributed by atoms with van der Waals surface area (Å²) in [4.78, 5) is 1.55. The van der Waals surface area contributed by atoms with E-state index in [9.17, 15) is 18.3 Å². The molecule has 0 aromatic heterocycles. The van der Waals surface area contributed by atoms with E-state index >= 15 is 0 Å². The molecule has 21 heavy (non-hydrogen) atoms. The summed E-state index contributed by atoms with van der Waals surface area (Å²) in [5.41, 5.74) is -0.406. The summed E-state index contributed by atoms with van der Waals surface area (Å²) in [6, 6.07) is -0.100. The number of nitrogens with one attached hydrogen (secondary N) is 1. The smallest absolute Gasteiger partial charge is 0.394 e. The standard InChI is InChI=1S/C15H29F3N2O/c1-3-8-19-14(12-21)7-5-6-13(10-14)20(9-4-2)11-15(16,17)18/h13,19,21H,3-12H2,1-2H3. The maximum absolute atomic E-state index is 12.8. The van der Waals surface area contributed by atoms with E-state index in [0.29, 0.717) is 19.4 Å². The summed E-state index contributed by atoms with van der Waals surface area (Å²) >= 11 is 0. The Balaban J connectivity index is 2.74. The van der Waals surface area contributed by atoms with Crippen molar-refractivity contribution in [2.75, 3.05) is 26.2 Å². The molecule has 2 unspecified atom stereocenters. The second kappa shape index (κ2) is 8.34. The summed E-state index contributed by atoms with van der Waals surface area (Å²) in [6.07, 6.45) is 0.581. The number of hydrogen-bond donors (Lipinski definition) is 2. The lowest BCUT2D eigenvalue weighted by Gasteiger charge is -2.44. The highest BCUT2D eigenvalue weighted by Crippen LogP contribution is 2.32. The number of aliphatic hydroxyl groups excluding tert-OH is 1. The molecular formula is C15H29F3N2O. The molecule has 1 saturated carbocycles. The summed E-state index contributed by atoms with van der Waals surface area (Å²) in [7, 11) is 0. The Hall–Kier alpha value is -0.330. The van der Waals surface area contributed by atoms with Crippen LogP contribution >= 0.6 is 0 Å². The van der Waals surface area contributed by atoms with Crippen LogP contribution in [0.25, 0.3) is 0 Å². The molecule has 0 bridgehead atoms. The van der Waals surface area contributed by atoms with Crippen molar-refractivity contribution in [3.63, 3.8) is 0 Å². The number of nitrogens with zero attached hydrogens (tertiary/aromatic N) is 1. The molecule has 0 amide bonds. The van der Waals surface area contributed by atoms with Gasteiger partial charge in [0.15, 0.2) is 0 Å².